The van der Waals surface area contributed by atoms with Crippen LogP contribution < -0.4 is 4.74 Å². The average Bonchev–Trinajstić information content (AvgIpc) is 3.07. The molecule has 0 amide bonds. The van der Waals surface area contributed by atoms with Gasteiger partial charge in [0.05, 0.1) is 30.6 Å². The lowest BCUT2D eigenvalue weighted by Gasteiger charge is -2.53. The molecular weight excluding hydrogens is 336 g/mol. The Bertz CT molecular complexity index is 688. The number of hydrogen-bond acceptors (Lipinski definition) is 7. The number of thiazole rings is 1. The topological polar surface area (TPSA) is 60.4 Å². The maximum absolute atomic E-state index is 6.14. The molecule has 0 bridgehead atoms. The minimum atomic E-state index is 0.0588. The van der Waals surface area contributed by atoms with Crippen molar-refractivity contribution in [2.75, 3.05) is 26.3 Å². The van der Waals surface area contributed by atoms with E-state index in [2.05, 4.69) is 19.9 Å². The average molecular weight is 360 g/mol. The first-order valence-electron chi connectivity index (χ1n) is 8.87. The number of nitrogens with zero attached hydrogens (tertiary/aromatic N) is 4. The first-order valence-corrected chi connectivity index (χ1v) is 9.75. The van der Waals surface area contributed by atoms with Gasteiger partial charge in [0.15, 0.2) is 0 Å². The summed E-state index contributed by atoms with van der Waals surface area (Å²) in [7, 11) is 0. The molecule has 6 nitrogen and oxygen atoms in total. The SMILES string of the molecule is Cc1cncc(OCC[C@@H]2CCOC3(C2)CN(Cc2nccs2)C3)n1. The van der Waals surface area contributed by atoms with E-state index in [0.717, 1.165) is 51.2 Å². The summed E-state index contributed by atoms with van der Waals surface area (Å²) in [6, 6.07) is 0. The van der Waals surface area contributed by atoms with Gasteiger partial charge in [0.1, 0.15) is 5.01 Å². The van der Waals surface area contributed by atoms with Crippen LogP contribution in [0.5, 0.6) is 5.88 Å². The van der Waals surface area contributed by atoms with Crippen LogP contribution in [-0.4, -0.2) is 51.8 Å². The van der Waals surface area contributed by atoms with Crippen molar-refractivity contribution in [3.63, 3.8) is 0 Å². The Morgan fingerprint density at radius 2 is 2.32 bits per heavy atom. The molecule has 1 atom stereocenters. The standard InChI is InChI=1S/C18H24N4O2S/c1-14-9-19-10-16(21-14)23-5-2-15-3-6-24-18(8-15)12-22(13-18)11-17-20-4-7-25-17/h4,7,9-10,15H,2-3,5-6,8,11-13H2,1H3/t15-/m1/s1. The molecule has 0 aromatic carbocycles. The lowest BCUT2D eigenvalue weighted by Crippen LogP contribution is -2.64. The minimum Gasteiger partial charge on any atom is -0.477 e. The highest BCUT2D eigenvalue weighted by Gasteiger charge is 2.47. The van der Waals surface area contributed by atoms with Gasteiger partial charge in [-0.2, -0.15) is 0 Å². The van der Waals surface area contributed by atoms with Crippen LogP contribution in [0.2, 0.25) is 0 Å². The molecule has 7 heteroatoms. The smallest absolute Gasteiger partial charge is 0.232 e. The summed E-state index contributed by atoms with van der Waals surface area (Å²) in [5.74, 6) is 1.29. The minimum absolute atomic E-state index is 0.0588. The van der Waals surface area contributed by atoms with E-state index in [9.17, 15) is 0 Å². The van der Waals surface area contributed by atoms with Crippen LogP contribution >= 0.6 is 11.3 Å². The third-order valence-electron chi connectivity index (χ3n) is 4.97. The van der Waals surface area contributed by atoms with E-state index >= 15 is 0 Å². The molecular formula is C18H24N4O2S. The van der Waals surface area contributed by atoms with Crippen LogP contribution in [0, 0.1) is 12.8 Å². The molecule has 2 fully saturated rings. The van der Waals surface area contributed by atoms with E-state index in [-0.39, 0.29) is 5.60 Å². The van der Waals surface area contributed by atoms with Gasteiger partial charge >= 0.3 is 0 Å². The van der Waals surface area contributed by atoms with Gasteiger partial charge in [-0.15, -0.1) is 11.3 Å². The largest absolute Gasteiger partial charge is 0.477 e. The fourth-order valence-corrected chi connectivity index (χ4v) is 4.50. The molecule has 2 aromatic rings. The summed E-state index contributed by atoms with van der Waals surface area (Å²) < 4.78 is 11.9. The van der Waals surface area contributed by atoms with Gasteiger partial charge in [0.2, 0.25) is 5.88 Å². The van der Waals surface area contributed by atoms with E-state index in [1.807, 2.05) is 18.5 Å². The van der Waals surface area contributed by atoms with E-state index in [0.29, 0.717) is 18.4 Å². The van der Waals surface area contributed by atoms with Crippen molar-refractivity contribution in [3.8, 4) is 5.88 Å². The van der Waals surface area contributed by atoms with Crippen molar-refractivity contribution < 1.29 is 9.47 Å². The highest BCUT2D eigenvalue weighted by Crippen LogP contribution is 2.38. The lowest BCUT2D eigenvalue weighted by atomic mass is 9.79. The van der Waals surface area contributed by atoms with Crippen molar-refractivity contribution in [2.45, 2.75) is 38.3 Å². The molecule has 134 valence electrons. The Hall–Kier alpha value is -1.57. The monoisotopic (exact) mass is 360 g/mol. The predicted octanol–water partition coefficient (Wildman–Crippen LogP) is 2.69. The van der Waals surface area contributed by atoms with Crippen molar-refractivity contribution in [2.24, 2.45) is 5.92 Å². The maximum atomic E-state index is 6.14. The first kappa shape index (κ1) is 16.9. The van der Waals surface area contributed by atoms with Crippen molar-refractivity contribution in [3.05, 3.63) is 34.7 Å². The van der Waals surface area contributed by atoms with E-state index in [1.54, 1.807) is 23.7 Å². The lowest BCUT2D eigenvalue weighted by molar-refractivity contribution is -0.182. The van der Waals surface area contributed by atoms with Crippen molar-refractivity contribution >= 4 is 11.3 Å². The maximum Gasteiger partial charge on any atom is 0.232 e. The quantitative estimate of drug-likeness (QED) is 0.789. The van der Waals surface area contributed by atoms with Crippen LogP contribution in [-0.2, 0) is 11.3 Å². The van der Waals surface area contributed by atoms with Crippen LogP contribution in [0.3, 0.4) is 0 Å². The van der Waals surface area contributed by atoms with Crippen molar-refractivity contribution in [1.82, 2.24) is 19.9 Å². The molecule has 25 heavy (non-hydrogen) atoms. The first-order chi connectivity index (χ1) is 12.2. The Balaban J connectivity index is 1.22. The highest BCUT2D eigenvalue weighted by molar-refractivity contribution is 7.09. The van der Waals surface area contributed by atoms with E-state index in [4.69, 9.17) is 9.47 Å². The summed E-state index contributed by atoms with van der Waals surface area (Å²) in [5, 5.41) is 3.23. The van der Waals surface area contributed by atoms with Gasteiger partial charge in [0, 0.05) is 37.5 Å². The second kappa shape index (κ2) is 7.35. The zero-order valence-corrected chi connectivity index (χ0v) is 15.4. The van der Waals surface area contributed by atoms with Crippen LogP contribution in [0.15, 0.2) is 24.0 Å². The summed E-state index contributed by atoms with van der Waals surface area (Å²) in [6.07, 6.45) is 8.60. The second-order valence-corrected chi connectivity index (χ2v) is 8.08. The molecule has 2 aliphatic rings. The van der Waals surface area contributed by atoms with E-state index < -0.39 is 0 Å². The molecule has 4 rings (SSSR count). The Labute approximate surface area is 152 Å². The molecule has 2 aliphatic heterocycles. The van der Waals surface area contributed by atoms with Gasteiger partial charge in [-0.1, -0.05) is 0 Å². The third kappa shape index (κ3) is 4.16. The Morgan fingerprint density at radius 1 is 1.40 bits per heavy atom. The zero-order valence-electron chi connectivity index (χ0n) is 14.6. The van der Waals surface area contributed by atoms with Crippen LogP contribution in [0.25, 0.3) is 0 Å². The molecule has 0 N–H and O–H groups in total. The fourth-order valence-electron chi connectivity index (χ4n) is 3.84. The molecule has 1 spiro atoms. The number of hydrogen-bond donors (Lipinski definition) is 0. The van der Waals surface area contributed by atoms with Gasteiger partial charge in [-0.25, -0.2) is 9.97 Å². The Morgan fingerprint density at radius 3 is 3.12 bits per heavy atom. The van der Waals surface area contributed by atoms with Crippen LogP contribution in [0.4, 0.5) is 0 Å². The van der Waals surface area contributed by atoms with Gasteiger partial charge < -0.3 is 9.47 Å². The number of rotatable bonds is 6. The zero-order chi connectivity index (χ0) is 17.1. The third-order valence-corrected chi connectivity index (χ3v) is 5.73. The summed E-state index contributed by atoms with van der Waals surface area (Å²) in [5.41, 5.74) is 0.945. The molecule has 0 saturated carbocycles. The highest BCUT2D eigenvalue weighted by atomic mass is 32.1. The summed E-state index contributed by atoms with van der Waals surface area (Å²) in [4.78, 5) is 15.3. The van der Waals surface area contributed by atoms with Gasteiger partial charge in [-0.3, -0.25) is 9.88 Å². The number of likely N-dealkylation sites (tertiary alicyclic amines) is 1. The number of aromatic nitrogens is 3. The normalized spacial score (nSPS) is 22.7. The second-order valence-electron chi connectivity index (χ2n) is 7.10. The van der Waals surface area contributed by atoms with Gasteiger partial charge in [0.25, 0.3) is 0 Å². The fraction of sp³-hybridized carbons (Fsp3) is 0.611. The number of ether oxygens (including phenoxy) is 2. The molecule has 2 saturated heterocycles. The van der Waals surface area contributed by atoms with Crippen molar-refractivity contribution in [1.29, 1.82) is 0 Å². The summed E-state index contributed by atoms with van der Waals surface area (Å²) >= 11 is 1.72. The Kier molecular flexibility index (Phi) is 4.96. The van der Waals surface area contributed by atoms with Gasteiger partial charge in [-0.05, 0) is 32.1 Å². The number of aryl methyl sites for hydroxylation is 1. The molecule has 0 unspecified atom stereocenters. The predicted molar refractivity (Wildman–Crippen MR) is 95.7 cm³/mol. The molecule has 4 heterocycles. The molecule has 0 radical (unpaired) electrons. The molecule has 2 aromatic heterocycles. The van der Waals surface area contributed by atoms with E-state index in [1.165, 1.54) is 5.01 Å². The molecule has 0 aliphatic carbocycles. The van der Waals surface area contributed by atoms with Crippen LogP contribution in [0.1, 0.15) is 30.0 Å². The summed E-state index contributed by atoms with van der Waals surface area (Å²) in [6.45, 7) is 6.47.